The van der Waals surface area contributed by atoms with Crippen LogP contribution in [0.3, 0.4) is 0 Å². The number of para-hydroxylation sites is 2. The van der Waals surface area contributed by atoms with Crippen LogP contribution < -0.4 is 15.4 Å². The fourth-order valence-corrected chi connectivity index (χ4v) is 4.64. The summed E-state index contributed by atoms with van der Waals surface area (Å²) in [6, 6.07) is 26.4. The third kappa shape index (κ3) is 6.85. The molecule has 1 fully saturated rings. The lowest BCUT2D eigenvalue weighted by Gasteiger charge is -2.34. The zero-order chi connectivity index (χ0) is 24.5. The van der Waals surface area contributed by atoms with E-state index in [4.69, 9.17) is 4.74 Å². The Labute approximate surface area is 207 Å². The molecule has 1 aliphatic heterocycles. The number of rotatable bonds is 8. The van der Waals surface area contributed by atoms with Crippen LogP contribution >= 0.6 is 0 Å². The van der Waals surface area contributed by atoms with E-state index in [1.54, 1.807) is 19.2 Å². The molecule has 1 unspecified atom stereocenters. The van der Waals surface area contributed by atoms with E-state index in [9.17, 15) is 9.59 Å². The van der Waals surface area contributed by atoms with Crippen LogP contribution in [0.25, 0.3) is 0 Å². The quantitative estimate of drug-likeness (QED) is 0.490. The number of ether oxygens (including phenoxy) is 1. The molecule has 0 bridgehead atoms. The van der Waals surface area contributed by atoms with Gasteiger partial charge in [0.15, 0.2) is 0 Å². The average molecular weight is 472 g/mol. The molecule has 0 aromatic heterocycles. The van der Waals surface area contributed by atoms with Gasteiger partial charge in [-0.3, -0.25) is 4.79 Å². The number of anilines is 1. The smallest absolute Gasteiger partial charge is 0.320 e. The molecule has 6 heteroatoms. The van der Waals surface area contributed by atoms with Gasteiger partial charge in [-0.05, 0) is 48.4 Å². The second-order valence-electron chi connectivity index (χ2n) is 9.00. The maximum Gasteiger partial charge on any atom is 0.320 e. The zero-order valence-corrected chi connectivity index (χ0v) is 20.2. The summed E-state index contributed by atoms with van der Waals surface area (Å²) in [6.07, 6.45) is 3.40. The predicted molar refractivity (Wildman–Crippen MR) is 139 cm³/mol. The predicted octanol–water partition coefficient (Wildman–Crippen LogP) is 4.91. The summed E-state index contributed by atoms with van der Waals surface area (Å²) in [5, 5.41) is 5.74. The molecule has 35 heavy (non-hydrogen) atoms. The van der Waals surface area contributed by atoms with E-state index in [1.165, 1.54) is 5.56 Å². The van der Waals surface area contributed by atoms with E-state index in [0.29, 0.717) is 36.9 Å². The van der Waals surface area contributed by atoms with E-state index in [2.05, 4.69) is 34.9 Å². The first-order valence-electron chi connectivity index (χ1n) is 12.2. The zero-order valence-electron chi connectivity index (χ0n) is 20.2. The molecule has 182 valence electrons. The highest BCUT2D eigenvalue weighted by Crippen LogP contribution is 2.24. The molecule has 1 aliphatic rings. The van der Waals surface area contributed by atoms with Crippen molar-refractivity contribution in [3.8, 4) is 5.75 Å². The average Bonchev–Trinajstić information content (AvgIpc) is 2.90. The Hall–Kier alpha value is -3.80. The van der Waals surface area contributed by atoms with Crippen LogP contribution in [0.2, 0.25) is 0 Å². The van der Waals surface area contributed by atoms with Gasteiger partial charge in [0.25, 0.3) is 0 Å². The number of amides is 3. The van der Waals surface area contributed by atoms with Gasteiger partial charge in [-0.25, -0.2) is 4.79 Å². The van der Waals surface area contributed by atoms with E-state index in [-0.39, 0.29) is 5.91 Å². The van der Waals surface area contributed by atoms with Crippen molar-refractivity contribution in [3.05, 3.63) is 96.1 Å². The van der Waals surface area contributed by atoms with Gasteiger partial charge in [-0.15, -0.1) is 0 Å². The lowest BCUT2D eigenvalue weighted by Crippen LogP contribution is -2.52. The van der Waals surface area contributed by atoms with E-state index in [1.807, 2.05) is 53.4 Å². The number of likely N-dealkylation sites (tertiary alicyclic amines) is 1. The number of urea groups is 1. The van der Waals surface area contributed by atoms with Crippen molar-refractivity contribution >= 4 is 17.6 Å². The van der Waals surface area contributed by atoms with E-state index < -0.39 is 12.1 Å². The van der Waals surface area contributed by atoms with Gasteiger partial charge in [0.2, 0.25) is 5.91 Å². The summed E-state index contributed by atoms with van der Waals surface area (Å²) in [6.45, 7) is 1.41. The molecule has 3 aromatic carbocycles. The Morgan fingerprint density at radius 1 is 0.886 bits per heavy atom. The third-order valence-electron chi connectivity index (χ3n) is 6.53. The fraction of sp³-hybridized carbons (Fsp3) is 0.310. The highest BCUT2D eigenvalue weighted by Gasteiger charge is 2.29. The minimum Gasteiger partial charge on any atom is -0.495 e. The van der Waals surface area contributed by atoms with Gasteiger partial charge in [0.05, 0.1) is 12.8 Å². The van der Waals surface area contributed by atoms with Crippen molar-refractivity contribution in [2.75, 3.05) is 25.5 Å². The normalized spacial score (nSPS) is 14.7. The van der Waals surface area contributed by atoms with Gasteiger partial charge < -0.3 is 20.3 Å². The van der Waals surface area contributed by atoms with Gasteiger partial charge in [0, 0.05) is 19.5 Å². The Balaban J connectivity index is 1.40. The molecule has 1 atom stereocenters. The molecule has 6 nitrogen and oxygen atoms in total. The number of hydrogen-bond donors (Lipinski definition) is 2. The molecule has 0 saturated carbocycles. The Morgan fingerprint density at radius 3 is 2.14 bits per heavy atom. The number of hydrogen-bond acceptors (Lipinski definition) is 3. The molecule has 1 saturated heterocycles. The molecule has 4 rings (SSSR count). The maximum atomic E-state index is 13.5. The maximum absolute atomic E-state index is 13.5. The third-order valence-corrected chi connectivity index (χ3v) is 6.53. The Bertz CT molecular complexity index is 1100. The summed E-state index contributed by atoms with van der Waals surface area (Å²) in [5.74, 6) is 1.09. The molecule has 0 radical (unpaired) electrons. The lowest BCUT2D eigenvalue weighted by molar-refractivity contribution is -0.134. The summed E-state index contributed by atoms with van der Waals surface area (Å²) in [4.78, 5) is 28.3. The minimum absolute atomic E-state index is 0.0396. The van der Waals surface area contributed by atoms with Crippen LogP contribution in [0, 0.1) is 5.92 Å². The van der Waals surface area contributed by atoms with Crippen molar-refractivity contribution in [3.63, 3.8) is 0 Å². The summed E-state index contributed by atoms with van der Waals surface area (Å²) >= 11 is 0. The first-order chi connectivity index (χ1) is 17.1. The van der Waals surface area contributed by atoms with Gasteiger partial charge in [-0.1, -0.05) is 72.8 Å². The summed E-state index contributed by atoms with van der Waals surface area (Å²) < 4.78 is 5.32. The van der Waals surface area contributed by atoms with Crippen molar-refractivity contribution in [2.24, 2.45) is 5.92 Å². The van der Waals surface area contributed by atoms with Crippen molar-refractivity contribution in [1.29, 1.82) is 0 Å². The lowest BCUT2D eigenvalue weighted by atomic mass is 9.90. The second-order valence-corrected chi connectivity index (χ2v) is 9.00. The number of piperidine rings is 1. The van der Waals surface area contributed by atoms with E-state index in [0.717, 1.165) is 24.8 Å². The molecule has 2 N–H and O–H groups in total. The molecule has 0 spiro atoms. The number of nitrogens with zero attached hydrogens (tertiary/aromatic N) is 1. The van der Waals surface area contributed by atoms with Crippen molar-refractivity contribution in [2.45, 2.75) is 31.7 Å². The highest BCUT2D eigenvalue weighted by atomic mass is 16.5. The van der Waals surface area contributed by atoms with Gasteiger partial charge in [-0.2, -0.15) is 0 Å². The van der Waals surface area contributed by atoms with Crippen LogP contribution in [0.4, 0.5) is 10.5 Å². The molecule has 3 amide bonds. The first kappa shape index (κ1) is 24.3. The van der Waals surface area contributed by atoms with Crippen LogP contribution in [-0.2, 0) is 17.6 Å². The topological polar surface area (TPSA) is 70.7 Å². The largest absolute Gasteiger partial charge is 0.495 e. The monoisotopic (exact) mass is 471 g/mol. The highest BCUT2D eigenvalue weighted by molar-refractivity contribution is 5.94. The summed E-state index contributed by atoms with van der Waals surface area (Å²) in [5.41, 5.74) is 2.90. The Morgan fingerprint density at radius 2 is 1.49 bits per heavy atom. The van der Waals surface area contributed by atoms with Crippen LogP contribution in [0.1, 0.15) is 24.0 Å². The number of benzene rings is 3. The minimum atomic E-state index is -0.655. The standard InChI is InChI=1S/C29H33N3O3/c1-35-27-15-9-8-14-25(27)30-29(34)31-26(21-23-12-6-3-7-13-23)28(33)32-18-16-24(17-19-32)20-22-10-4-2-5-11-22/h2-15,24,26H,16-21H2,1H3,(H2,30,31,34). The number of nitrogens with one attached hydrogen (secondary N) is 2. The first-order valence-corrected chi connectivity index (χ1v) is 12.2. The van der Waals surface area contributed by atoms with Gasteiger partial charge >= 0.3 is 6.03 Å². The molecule has 0 aliphatic carbocycles. The van der Waals surface area contributed by atoms with Crippen molar-refractivity contribution < 1.29 is 14.3 Å². The van der Waals surface area contributed by atoms with E-state index >= 15 is 0 Å². The molecule has 3 aromatic rings. The second kappa shape index (κ2) is 12.1. The van der Waals surface area contributed by atoms with Crippen LogP contribution in [0.15, 0.2) is 84.9 Å². The number of carbonyl (C=O) groups is 2. The van der Waals surface area contributed by atoms with Crippen LogP contribution in [0.5, 0.6) is 5.75 Å². The summed E-state index contributed by atoms with van der Waals surface area (Å²) in [7, 11) is 1.56. The molecular formula is C29H33N3O3. The fourth-order valence-electron chi connectivity index (χ4n) is 4.64. The SMILES string of the molecule is COc1ccccc1NC(=O)NC(Cc1ccccc1)C(=O)N1CCC(Cc2ccccc2)CC1. The van der Waals surface area contributed by atoms with Gasteiger partial charge in [0.1, 0.15) is 11.8 Å². The molecular weight excluding hydrogens is 438 g/mol. The Kier molecular flexibility index (Phi) is 8.39. The molecule has 1 heterocycles. The van der Waals surface area contributed by atoms with Crippen LogP contribution in [-0.4, -0.2) is 43.1 Å². The van der Waals surface area contributed by atoms with Crippen molar-refractivity contribution in [1.82, 2.24) is 10.2 Å². The number of methoxy groups -OCH3 is 1. The number of carbonyl (C=O) groups excluding carboxylic acids is 2.